The molecule has 5 nitrogen and oxygen atoms in total. The maximum absolute atomic E-state index is 12.3. The van der Waals surface area contributed by atoms with Crippen molar-refractivity contribution in [2.45, 2.75) is 26.4 Å². The third-order valence-corrected chi connectivity index (χ3v) is 6.10. The number of urea groups is 1. The predicted octanol–water partition coefficient (Wildman–Crippen LogP) is 2.80. The summed E-state index contributed by atoms with van der Waals surface area (Å²) in [6.45, 7) is 3.76. The van der Waals surface area contributed by atoms with Crippen LogP contribution in [0.25, 0.3) is 10.8 Å². The molecule has 0 unspecified atom stereocenters. The van der Waals surface area contributed by atoms with Gasteiger partial charge in [0.05, 0.1) is 5.75 Å². The summed E-state index contributed by atoms with van der Waals surface area (Å²) >= 11 is 0. The second-order valence-electron chi connectivity index (χ2n) is 5.96. The lowest BCUT2D eigenvalue weighted by molar-refractivity contribution is 0.197. The highest BCUT2D eigenvalue weighted by molar-refractivity contribution is 7.91. The highest BCUT2D eigenvalue weighted by Crippen LogP contribution is 2.18. The van der Waals surface area contributed by atoms with Gasteiger partial charge in [-0.2, -0.15) is 0 Å². The highest BCUT2D eigenvalue weighted by Gasteiger charge is 2.21. The smallest absolute Gasteiger partial charge is 0.317 e. The maximum atomic E-state index is 12.3. The number of carbonyl (C=O) groups is 1. The van der Waals surface area contributed by atoms with Crippen LogP contribution in [0.5, 0.6) is 0 Å². The molecular formula is C18H24N2O3S. The molecule has 0 saturated carbocycles. The summed E-state index contributed by atoms with van der Waals surface area (Å²) in [6, 6.07) is 13.3. The van der Waals surface area contributed by atoms with Crippen molar-refractivity contribution in [3.63, 3.8) is 0 Å². The number of sulfone groups is 1. The van der Waals surface area contributed by atoms with Crippen LogP contribution < -0.4 is 5.32 Å². The highest BCUT2D eigenvalue weighted by atomic mass is 32.2. The molecule has 2 amide bonds. The minimum absolute atomic E-state index is 0.0261. The zero-order valence-corrected chi connectivity index (χ0v) is 15.1. The quantitative estimate of drug-likeness (QED) is 0.873. The van der Waals surface area contributed by atoms with Crippen LogP contribution in [0.3, 0.4) is 0 Å². The van der Waals surface area contributed by atoms with E-state index in [4.69, 9.17) is 0 Å². The molecule has 130 valence electrons. The predicted molar refractivity (Wildman–Crippen MR) is 97.7 cm³/mol. The molecule has 0 heterocycles. The monoisotopic (exact) mass is 348 g/mol. The van der Waals surface area contributed by atoms with E-state index in [-0.39, 0.29) is 23.6 Å². The first-order valence-corrected chi connectivity index (χ1v) is 9.84. The number of carbonyl (C=O) groups excluding carboxylic acids is 1. The van der Waals surface area contributed by atoms with Crippen molar-refractivity contribution in [1.82, 2.24) is 10.2 Å². The molecule has 2 aromatic carbocycles. The van der Waals surface area contributed by atoms with Crippen LogP contribution in [0.15, 0.2) is 42.5 Å². The summed E-state index contributed by atoms with van der Waals surface area (Å²) in [5.41, 5.74) is 1.03. The molecule has 0 aliphatic carbocycles. The van der Waals surface area contributed by atoms with E-state index in [0.29, 0.717) is 6.54 Å². The number of nitrogens with zero attached hydrogens (tertiary/aromatic N) is 1. The number of hydrogen-bond donors (Lipinski definition) is 1. The Bertz CT molecular complexity index is 813. The Hall–Kier alpha value is -2.08. The van der Waals surface area contributed by atoms with Crippen LogP contribution in [-0.4, -0.2) is 43.9 Å². The molecule has 2 rings (SSSR count). The van der Waals surface area contributed by atoms with Crippen LogP contribution in [0.2, 0.25) is 0 Å². The first kappa shape index (κ1) is 18.3. The van der Waals surface area contributed by atoms with Crippen molar-refractivity contribution in [3.8, 4) is 0 Å². The second kappa shape index (κ2) is 7.66. The minimum Gasteiger partial charge on any atom is -0.334 e. The van der Waals surface area contributed by atoms with Gasteiger partial charge in [0, 0.05) is 25.4 Å². The van der Waals surface area contributed by atoms with Gasteiger partial charge in [0.15, 0.2) is 9.84 Å². The Kier molecular flexibility index (Phi) is 5.83. The van der Waals surface area contributed by atoms with Gasteiger partial charge in [-0.25, -0.2) is 13.2 Å². The van der Waals surface area contributed by atoms with Gasteiger partial charge in [-0.1, -0.05) is 49.4 Å². The van der Waals surface area contributed by atoms with Crippen LogP contribution in [0.4, 0.5) is 4.79 Å². The number of nitrogens with one attached hydrogen (secondary N) is 1. The molecule has 24 heavy (non-hydrogen) atoms. The van der Waals surface area contributed by atoms with Crippen LogP contribution in [0.1, 0.15) is 19.4 Å². The van der Waals surface area contributed by atoms with E-state index in [1.807, 2.05) is 42.5 Å². The Morgan fingerprint density at radius 3 is 2.54 bits per heavy atom. The topological polar surface area (TPSA) is 66.5 Å². The standard InChI is InChI=1S/C18H24N2O3S/c1-4-24(22,23)13-14(2)20(3)18(21)19-12-16-10-7-9-15-8-5-6-11-17(15)16/h5-11,14H,4,12-13H2,1-3H3,(H,19,21)/t14-/m1/s1. The molecule has 0 spiro atoms. The molecule has 6 heteroatoms. The van der Waals surface area contributed by atoms with Gasteiger partial charge in [-0.15, -0.1) is 0 Å². The summed E-state index contributed by atoms with van der Waals surface area (Å²) in [7, 11) is -1.50. The fraction of sp³-hybridized carbons (Fsp3) is 0.389. The van der Waals surface area contributed by atoms with Crippen molar-refractivity contribution in [1.29, 1.82) is 0 Å². The molecule has 0 aromatic heterocycles. The fourth-order valence-electron chi connectivity index (χ4n) is 2.54. The van der Waals surface area contributed by atoms with Crippen molar-refractivity contribution in [2.75, 3.05) is 18.6 Å². The molecule has 0 fully saturated rings. The molecule has 0 saturated heterocycles. The molecule has 0 aliphatic heterocycles. The van der Waals surface area contributed by atoms with Gasteiger partial charge in [-0.05, 0) is 23.3 Å². The molecule has 1 N–H and O–H groups in total. The van der Waals surface area contributed by atoms with Gasteiger partial charge in [0.25, 0.3) is 0 Å². The maximum Gasteiger partial charge on any atom is 0.317 e. The van der Waals surface area contributed by atoms with E-state index < -0.39 is 9.84 Å². The van der Waals surface area contributed by atoms with Crippen LogP contribution in [0, 0.1) is 0 Å². The largest absolute Gasteiger partial charge is 0.334 e. The van der Waals surface area contributed by atoms with Crippen molar-refractivity contribution in [2.24, 2.45) is 0 Å². The average Bonchev–Trinajstić information content (AvgIpc) is 2.58. The minimum atomic E-state index is -3.11. The summed E-state index contributed by atoms with van der Waals surface area (Å²) in [4.78, 5) is 13.7. The fourth-order valence-corrected chi connectivity index (χ4v) is 3.73. The summed E-state index contributed by atoms with van der Waals surface area (Å²) in [6.07, 6.45) is 0. The van der Waals surface area contributed by atoms with Gasteiger partial charge in [-0.3, -0.25) is 0 Å². The zero-order valence-electron chi connectivity index (χ0n) is 14.3. The van der Waals surface area contributed by atoms with E-state index >= 15 is 0 Å². The third-order valence-electron chi connectivity index (χ3n) is 4.23. The Balaban J connectivity index is 2.02. The number of fused-ring (bicyclic) bond motifs is 1. The number of benzene rings is 2. The molecule has 2 aromatic rings. The van der Waals surface area contributed by atoms with Crippen molar-refractivity contribution >= 4 is 26.6 Å². The lowest BCUT2D eigenvalue weighted by Crippen LogP contribution is -2.45. The SMILES string of the molecule is CCS(=O)(=O)C[C@@H](C)N(C)C(=O)NCc1cccc2ccccc12. The Morgan fingerprint density at radius 2 is 1.83 bits per heavy atom. The van der Waals surface area contributed by atoms with Gasteiger partial charge >= 0.3 is 6.03 Å². The normalized spacial score (nSPS) is 12.8. The molecule has 0 bridgehead atoms. The van der Waals surface area contributed by atoms with Gasteiger partial charge < -0.3 is 10.2 Å². The van der Waals surface area contributed by atoms with E-state index in [1.54, 1.807) is 20.9 Å². The Labute approximate surface area is 143 Å². The molecule has 1 atom stereocenters. The summed E-state index contributed by atoms with van der Waals surface area (Å²) in [5.74, 6) is 0.0600. The first-order valence-electron chi connectivity index (χ1n) is 8.02. The first-order chi connectivity index (χ1) is 11.3. The Morgan fingerprint density at radius 1 is 1.17 bits per heavy atom. The molecular weight excluding hydrogens is 324 g/mol. The summed E-state index contributed by atoms with van der Waals surface area (Å²) < 4.78 is 23.4. The van der Waals surface area contributed by atoms with E-state index in [0.717, 1.165) is 16.3 Å². The van der Waals surface area contributed by atoms with E-state index in [1.165, 1.54) is 4.90 Å². The van der Waals surface area contributed by atoms with Gasteiger partial charge in [0.2, 0.25) is 0 Å². The second-order valence-corrected chi connectivity index (χ2v) is 8.35. The van der Waals surface area contributed by atoms with Crippen LogP contribution >= 0.6 is 0 Å². The number of rotatable bonds is 6. The lowest BCUT2D eigenvalue weighted by Gasteiger charge is -2.25. The average molecular weight is 348 g/mol. The zero-order chi connectivity index (χ0) is 17.7. The van der Waals surface area contributed by atoms with Crippen molar-refractivity contribution in [3.05, 3.63) is 48.0 Å². The summed E-state index contributed by atoms with van der Waals surface area (Å²) in [5, 5.41) is 5.09. The van der Waals surface area contributed by atoms with Crippen LogP contribution in [-0.2, 0) is 16.4 Å². The molecule has 0 aliphatic rings. The number of amides is 2. The van der Waals surface area contributed by atoms with Gasteiger partial charge in [0.1, 0.15) is 0 Å². The third kappa shape index (κ3) is 4.47. The van der Waals surface area contributed by atoms with E-state index in [9.17, 15) is 13.2 Å². The number of hydrogen-bond acceptors (Lipinski definition) is 3. The lowest BCUT2D eigenvalue weighted by atomic mass is 10.0. The van der Waals surface area contributed by atoms with Crippen molar-refractivity contribution < 1.29 is 13.2 Å². The molecule has 0 radical (unpaired) electrons. The van der Waals surface area contributed by atoms with E-state index in [2.05, 4.69) is 5.32 Å².